The van der Waals surface area contributed by atoms with E-state index >= 15 is 0 Å². The molecule has 0 saturated heterocycles. The van der Waals surface area contributed by atoms with E-state index in [0.717, 1.165) is 11.1 Å². The summed E-state index contributed by atoms with van der Waals surface area (Å²) in [6.07, 6.45) is 0.391. The minimum absolute atomic E-state index is 0.220. The van der Waals surface area contributed by atoms with Crippen molar-refractivity contribution in [2.45, 2.75) is 18.9 Å². The molecule has 1 aliphatic heterocycles. The molecule has 0 bridgehead atoms. The predicted octanol–water partition coefficient (Wildman–Crippen LogP) is 3.08. The maximum atomic E-state index is 11.0. The Kier molecular flexibility index (Phi) is 3.04. The first-order valence-electron chi connectivity index (χ1n) is 6.42. The molecule has 1 unspecified atom stereocenters. The molecule has 102 valence electrons. The van der Waals surface area contributed by atoms with Crippen LogP contribution in [0, 0.1) is 6.92 Å². The van der Waals surface area contributed by atoms with Crippen molar-refractivity contribution >= 4 is 23.1 Å². The van der Waals surface area contributed by atoms with Crippen LogP contribution in [0.2, 0.25) is 5.02 Å². The van der Waals surface area contributed by atoms with Gasteiger partial charge in [0, 0.05) is 17.0 Å². The molecule has 0 saturated carbocycles. The fourth-order valence-corrected chi connectivity index (χ4v) is 2.74. The normalized spacial score (nSPS) is 20.6. The lowest BCUT2D eigenvalue weighted by Crippen LogP contribution is -2.40. The standard InChI is InChI=1S/C16H15ClN2O/c1-10-4-2-3-5-11(10)9-16(20)13-8-12(17)6-7-14(13)19-15(16)18/h2-8,20H,9H2,1H3,(H2,18,19). The van der Waals surface area contributed by atoms with Crippen molar-refractivity contribution in [3.8, 4) is 0 Å². The molecular formula is C16H15ClN2O. The number of nitrogens with zero attached hydrogens (tertiary/aromatic N) is 1. The highest BCUT2D eigenvalue weighted by atomic mass is 35.5. The first kappa shape index (κ1) is 13.2. The molecular weight excluding hydrogens is 272 g/mol. The summed E-state index contributed by atoms with van der Waals surface area (Å²) in [6, 6.07) is 13.2. The second kappa shape index (κ2) is 4.62. The third-order valence-electron chi connectivity index (χ3n) is 3.78. The minimum Gasteiger partial charge on any atom is -0.384 e. The van der Waals surface area contributed by atoms with Gasteiger partial charge < -0.3 is 10.8 Å². The molecule has 2 aromatic carbocycles. The van der Waals surface area contributed by atoms with Gasteiger partial charge in [0.2, 0.25) is 0 Å². The van der Waals surface area contributed by atoms with Gasteiger partial charge in [-0.25, -0.2) is 4.99 Å². The highest BCUT2D eigenvalue weighted by Gasteiger charge is 2.41. The third-order valence-corrected chi connectivity index (χ3v) is 4.01. The van der Waals surface area contributed by atoms with Crippen molar-refractivity contribution in [1.82, 2.24) is 0 Å². The number of nitrogens with two attached hydrogens (primary N) is 1. The van der Waals surface area contributed by atoms with E-state index in [0.29, 0.717) is 22.7 Å². The van der Waals surface area contributed by atoms with Gasteiger partial charge in [-0.1, -0.05) is 35.9 Å². The summed E-state index contributed by atoms with van der Waals surface area (Å²) in [4.78, 5) is 4.26. The van der Waals surface area contributed by atoms with Gasteiger partial charge in [-0.05, 0) is 36.2 Å². The molecule has 0 radical (unpaired) electrons. The summed E-state index contributed by atoms with van der Waals surface area (Å²) in [5.41, 5.74) is 8.20. The quantitative estimate of drug-likeness (QED) is 0.891. The van der Waals surface area contributed by atoms with Crippen LogP contribution in [0.1, 0.15) is 16.7 Å². The van der Waals surface area contributed by atoms with Crippen LogP contribution in [-0.2, 0) is 12.0 Å². The molecule has 1 atom stereocenters. The Hall–Kier alpha value is -1.84. The van der Waals surface area contributed by atoms with Crippen LogP contribution in [-0.4, -0.2) is 10.9 Å². The van der Waals surface area contributed by atoms with Gasteiger partial charge in [-0.15, -0.1) is 0 Å². The molecule has 0 fully saturated rings. The summed E-state index contributed by atoms with van der Waals surface area (Å²) in [5.74, 6) is 0.220. The lowest BCUT2D eigenvalue weighted by molar-refractivity contribution is 0.114. The minimum atomic E-state index is -1.29. The second-order valence-corrected chi connectivity index (χ2v) is 5.56. The Morgan fingerprint density at radius 3 is 2.75 bits per heavy atom. The molecule has 3 N–H and O–H groups in total. The fraction of sp³-hybridized carbons (Fsp3) is 0.188. The smallest absolute Gasteiger partial charge is 0.153 e. The molecule has 1 aliphatic rings. The first-order valence-corrected chi connectivity index (χ1v) is 6.80. The highest BCUT2D eigenvalue weighted by molar-refractivity contribution is 6.30. The zero-order valence-electron chi connectivity index (χ0n) is 11.1. The predicted molar refractivity (Wildman–Crippen MR) is 81.5 cm³/mol. The van der Waals surface area contributed by atoms with Crippen LogP contribution in [0.5, 0.6) is 0 Å². The molecule has 4 heteroatoms. The number of rotatable bonds is 2. The average Bonchev–Trinajstić information content (AvgIpc) is 2.65. The number of aliphatic hydroxyl groups is 1. The Morgan fingerprint density at radius 1 is 1.25 bits per heavy atom. The van der Waals surface area contributed by atoms with Crippen LogP contribution < -0.4 is 5.73 Å². The Morgan fingerprint density at radius 2 is 2.00 bits per heavy atom. The van der Waals surface area contributed by atoms with Gasteiger partial charge in [-0.2, -0.15) is 0 Å². The van der Waals surface area contributed by atoms with Gasteiger partial charge in [-0.3, -0.25) is 0 Å². The Bertz CT molecular complexity index is 711. The molecule has 0 aliphatic carbocycles. The lowest BCUT2D eigenvalue weighted by Gasteiger charge is -2.25. The molecule has 1 heterocycles. The van der Waals surface area contributed by atoms with E-state index in [-0.39, 0.29) is 5.84 Å². The number of amidine groups is 1. The fourth-order valence-electron chi connectivity index (χ4n) is 2.57. The molecule has 3 rings (SSSR count). The van der Waals surface area contributed by atoms with Crippen molar-refractivity contribution in [2.75, 3.05) is 0 Å². The second-order valence-electron chi connectivity index (χ2n) is 5.12. The lowest BCUT2D eigenvalue weighted by atomic mass is 9.86. The van der Waals surface area contributed by atoms with E-state index in [9.17, 15) is 5.11 Å². The number of aliphatic imine (C=N–C) groups is 1. The molecule has 2 aromatic rings. The van der Waals surface area contributed by atoms with Crippen LogP contribution in [0.25, 0.3) is 0 Å². The molecule has 0 spiro atoms. The summed E-state index contributed by atoms with van der Waals surface area (Å²) in [7, 11) is 0. The molecule has 3 nitrogen and oxygen atoms in total. The van der Waals surface area contributed by atoms with E-state index in [4.69, 9.17) is 17.3 Å². The number of aryl methyl sites for hydroxylation is 1. The third kappa shape index (κ3) is 1.99. The van der Waals surface area contributed by atoms with E-state index in [2.05, 4.69) is 4.99 Å². The highest BCUT2D eigenvalue weighted by Crippen LogP contribution is 2.41. The van der Waals surface area contributed by atoms with Crippen LogP contribution in [0.4, 0.5) is 5.69 Å². The van der Waals surface area contributed by atoms with Crippen molar-refractivity contribution in [3.63, 3.8) is 0 Å². The summed E-state index contributed by atoms with van der Waals surface area (Å²) >= 11 is 6.03. The summed E-state index contributed by atoms with van der Waals surface area (Å²) in [5, 5.41) is 11.6. The van der Waals surface area contributed by atoms with Crippen molar-refractivity contribution in [2.24, 2.45) is 10.7 Å². The van der Waals surface area contributed by atoms with Crippen molar-refractivity contribution in [3.05, 3.63) is 64.2 Å². The number of halogens is 1. The number of benzene rings is 2. The molecule has 20 heavy (non-hydrogen) atoms. The topological polar surface area (TPSA) is 58.6 Å². The maximum Gasteiger partial charge on any atom is 0.153 e. The van der Waals surface area contributed by atoms with E-state index in [1.807, 2.05) is 31.2 Å². The van der Waals surface area contributed by atoms with Crippen molar-refractivity contribution < 1.29 is 5.11 Å². The number of hydrogen-bond acceptors (Lipinski definition) is 3. The summed E-state index contributed by atoms with van der Waals surface area (Å²) < 4.78 is 0. The van der Waals surface area contributed by atoms with Gasteiger partial charge in [0.15, 0.2) is 5.60 Å². The monoisotopic (exact) mass is 286 g/mol. The van der Waals surface area contributed by atoms with E-state index < -0.39 is 5.60 Å². The first-order chi connectivity index (χ1) is 9.50. The Balaban J connectivity index is 2.07. The van der Waals surface area contributed by atoms with Crippen LogP contribution >= 0.6 is 11.6 Å². The van der Waals surface area contributed by atoms with Gasteiger partial charge in [0.05, 0.1) is 5.69 Å². The maximum absolute atomic E-state index is 11.0. The summed E-state index contributed by atoms with van der Waals surface area (Å²) in [6.45, 7) is 2.01. The van der Waals surface area contributed by atoms with E-state index in [1.54, 1.807) is 18.2 Å². The zero-order valence-corrected chi connectivity index (χ0v) is 11.9. The number of hydrogen-bond donors (Lipinski definition) is 2. The largest absolute Gasteiger partial charge is 0.384 e. The zero-order chi connectivity index (χ0) is 14.3. The van der Waals surface area contributed by atoms with Gasteiger partial charge in [0.25, 0.3) is 0 Å². The van der Waals surface area contributed by atoms with Crippen LogP contribution in [0.3, 0.4) is 0 Å². The van der Waals surface area contributed by atoms with Crippen LogP contribution in [0.15, 0.2) is 47.5 Å². The van der Waals surface area contributed by atoms with Gasteiger partial charge >= 0.3 is 0 Å². The number of fused-ring (bicyclic) bond motifs is 1. The average molecular weight is 287 g/mol. The van der Waals surface area contributed by atoms with Crippen molar-refractivity contribution in [1.29, 1.82) is 0 Å². The van der Waals surface area contributed by atoms with E-state index in [1.165, 1.54) is 0 Å². The Labute approximate surface area is 122 Å². The molecule has 0 amide bonds. The molecule has 0 aromatic heterocycles. The SMILES string of the molecule is Cc1ccccc1CC1(O)C(N)=Nc2ccc(Cl)cc21. The van der Waals surface area contributed by atoms with Gasteiger partial charge in [0.1, 0.15) is 5.84 Å².